The Kier molecular flexibility index (Phi) is 5.84. The van der Waals surface area contributed by atoms with E-state index in [-0.39, 0.29) is 30.7 Å². The van der Waals surface area contributed by atoms with E-state index in [1.54, 1.807) is 12.1 Å². The quantitative estimate of drug-likeness (QED) is 0.556. The number of carbonyl (C=O) groups excluding carboxylic acids is 3. The van der Waals surface area contributed by atoms with E-state index < -0.39 is 6.04 Å². The van der Waals surface area contributed by atoms with E-state index >= 15 is 0 Å². The lowest BCUT2D eigenvalue weighted by Gasteiger charge is -2.15. The Morgan fingerprint density at radius 2 is 2.00 bits per heavy atom. The summed E-state index contributed by atoms with van der Waals surface area (Å²) in [7, 11) is 1.50. The number of ether oxygens (including phenoxy) is 1. The summed E-state index contributed by atoms with van der Waals surface area (Å²) in [6.07, 6.45) is 0.924. The van der Waals surface area contributed by atoms with Crippen LogP contribution in [0.15, 0.2) is 24.3 Å². The number of aryl methyl sites for hydroxylation is 1. The molecule has 1 saturated heterocycles. The van der Waals surface area contributed by atoms with Crippen molar-refractivity contribution in [2.75, 3.05) is 20.3 Å². The van der Waals surface area contributed by atoms with E-state index in [9.17, 15) is 14.4 Å². The van der Waals surface area contributed by atoms with Gasteiger partial charge in [-0.3, -0.25) is 24.7 Å². The van der Waals surface area contributed by atoms with E-state index in [1.165, 1.54) is 7.11 Å². The lowest BCUT2D eigenvalue weighted by molar-refractivity contribution is -0.139. The number of methoxy groups -OCH3 is 1. The molecule has 124 valence electrons. The average molecular weight is 319 g/mol. The number of rotatable bonds is 7. The topological polar surface area (TPSA) is 87.7 Å². The second kappa shape index (κ2) is 7.85. The van der Waals surface area contributed by atoms with E-state index in [4.69, 9.17) is 4.74 Å². The number of hydrazine groups is 1. The van der Waals surface area contributed by atoms with Gasteiger partial charge in [0.05, 0.1) is 19.6 Å². The first kappa shape index (κ1) is 17.1. The third kappa shape index (κ3) is 4.14. The Labute approximate surface area is 135 Å². The molecule has 1 aromatic rings. The summed E-state index contributed by atoms with van der Waals surface area (Å²) >= 11 is 0. The van der Waals surface area contributed by atoms with E-state index in [2.05, 4.69) is 10.9 Å². The molecule has 1 atom stereocenters. The Morgan fingerprint density at radius 1 is 1.30 bits per heavy atom. The molecule has 2 N–H and O–H groups in total. The molecule has 0 radical (unpaired) electrons. The number of nitrogens with one attached hydrogen (secondary N) is 2. The minimum Gasteiger partial charge on any atom is -0.383 e. The Morgan fingerprint density at radius 3 is 2.61 bits per heavy atom. The first-order valence-electron chi connectivity index (χ1n) is 7.54. The molecular formula is C16H21N3O4. The van der Waals surface area contributed by atoms with Gasteiger partial charge in [0.1, 0.15) is 6.04 Å². The standard InChI is InChI=1S/C16H21N3O4/c1-3-11-4-6-12(7-5-11)15(21)18-17-13-10-14(20)19(16(13)22)8-9-23-2/h4-7,13,17H,3,8-10H2,1-2H3,(H,18,21)/t13-/m1/s1. The fourth-order valence-electron chi connectivity index (χ4n) is 2.33. The molecule has 0 aliphatic carbocycles. The first-order chi connectivity index (χ1) is 11.1. The maximum atomic E-state index is 12.1. The van der Waals surface area contributed by atoms with Crippen molar-refractivity contribution in [3.05, 3.63) is 35.4 Å². The minimum atomic E-state index is -0.738. The van der Waals surface area contributed by atoms with Crippen LogP contribution >= 0.6 is 0 Å². The molecule has 2 rings (SSSR count). The van der Waals surface area contributed by atoms with Crippen LogP contribution in [0.4, 0.5) is 0 Å². The summed E-state index contributed by atoms with van der Waals surface area (Å²) in [5.74, 6) is -0.969. The molecule has 3 amide bonds. The zero-order chi connectivity index (χ0) is 16.8. The van der Waals surface area contributed by atoms with E-state index in [0.29, 0.717) is 12.2 Å². The maximum absolute atomic E-state index is 12.1. The molecular weight excluding hydrogens is 298 g/mol. The van der Waals surface area contributed by atoms with Crippen molar-refractivity contribution in [2.45, 2.75) is 25.8 Å². The Hall–Kier alpha value is -2.25. The summed E-state index contributed by atoms with van der Waals surface area (Å²) in [5.41, 5.74) is 6.76. The molecule has 23 heavy (non-hydrogen) atoms. The highest BCUT2D eigenvalue weighted by Gasteiger charge is 2.38. The highest BCUT2D eigenvalue weighted by Crippen LogP contribution is 2.12. The number of hydrogen-bond acceptors (Lipinski definition) is 5. The second-order valence-electron chi connectivity index (χ2n) is 5.28. The lowest BCUT2D eigenvalue weighted by Crippen LogP contribution is -2.48. The van der Waals surface area contributed by atoms with Crippen LogP contribution in [-0.2, 0) is 20.7 Å². The zero-order valence-corrected chi connectivity index (χ0v) is 13.3. The normalized spacial score (nSPS) is 17.7. The predicted molar refractivity (Wildman–Crippen MR) is 83.4 cm³/mol. The Bertz CT molecular complexity index is 585. The fraction of sp³-hybridized carbons (Fsp3) is 0.438. The van der Waals surface area contributed by atoms with Gasteiger partial charge < -0.3 is 4.74 Å². The molecule has 1 fully saturated rings. The first-order valence-corrected chi connectivity index (χ1v) is 7.54. The molecule has 1 heterocycles. The number of hydrogen-bond donors (Lipinski definition) is 2. The van der Waals surface area contributed by atoms with Crippen molar-refractivity contribution in [2.24, 2.45) is 0 Å². The summed E-state index contributed by atoms with van der Waals surface area (Å²) < 4.78 is 4.87. The van der Waals surface area contributed by atoms with Crippen molar-refractivity contribution in [3.8, 4) is 0 Å². The molecule has 1 aliphatic heterocycles. The van der Waals surface area contributed by atoms with Crippen LogP contribution in [0.3, 0.4) is 0 Å². The van der Waals surface area contributed by atoms with Gasteiger partial charge in [-0.15, -0.1) is 0 Å². The third-order valence-corrected chi connectivity index (χ3v) is 3.75. The summed E-state index contributed by atoms with van der Waals surface area (Å²) in [6.45, 7) is 2.55. The summed E-state index contributed by atoms with van der Waals surface area (Å²) in [6, 6.07) is 6.47. The lowest BCUT2D eigenvalue weighted by atomic mass is 10.1. The third-order valence-electron chi connectivity index (χ3n) is 3.75. The molecule has 1 aliphatic rings. The van der Waals surface area contributed by atoms with Gasteiger partial charge in [-0.1, -0.05) is 19.1 Å². The molecule has 0 unspecified atom stereocenters. The summed E-state index contributed by atoms with van der Waals surface area (Å²) in [5, 5.41) is 0. The molecule has 7 nitrogen and oxygen atoms in total. The largest absolute Gasteiger partial charge is 0.383 e. The van der Waals surface area contributed by atoms with Crippen LogP contribution in [0.2, 0.25) is 0 Å². The minimum absolute atomic E-state index is 0.0254. The SMILES string of the molecule is CCc1ccc(C(=O)NN[C@@H]2CC(=O)N(CCOC)C2=O)cc1. The smallest absolute Gasteiger partial charge is 0.265 e. The molecule has 0 saturated carbocycles. The Balaban J connectivity index is 1.88. The van der Waals surface area contributed by atoms with E-state index in [0.717, 1.165) is 16.9 Å². The number of imide groups is 1. The van der Waals surface area contributed by atoms with Crippen molar-refractivity contribution in [3.63, 3.8) is 0 Å². The number of benzene rings is 1. The van der Waals surface area contributed by atoms with Crippen LogP contribution in [-0.4, -0.2) is 48.9 Å². The van der Waals surface area contributed by atoms with Gasteiger partial charge in [0.15, 0.2) is 0 Å². The molecule has 1 aromatic carbocycles. The highest BCUT2D eigenvalue weighted by molar-refractivity contribution is 6.05. The second-order valence-corrected chi connectivity index (χ2v) is 5.28. The van der Waals surface area contributed by atoms with Crippen LogP contribution in [0.25, 0.3) is 0 Å². The highest BCUT2D eigenvalue weighted by atomic mass is 16.5. The maximum Gasteiger partial charge on any atom is 0.265 e. The fourth-order valence-corrected chi connectivity index (χ4v) is 2.33. The van der Waals surface area contributed by atoms with Gasteiger partial charge in [-0.05, 0) is 24.1 Å². The van der Waals surface area contributed by atoms with Crippen molar-refractivity contribution >= 4 is 17.7 Å². The van der Waals surface area contributed by atoms with Gasteiger partial charge in [0.25, 0.3) is 5.91 Å². The van der Waals surface area contributed by atoms with Crippen molar-refractivity contribution in [1.82, 2.24) is 15.8 Å². The zero-order valence-electron chi connectivity index (χ0n) is 13.3. The van der Waals surface area contributed by atoms with E-state index in [1.807, 2.05) is 19.1 Å². The van der Waals surface area contributed by atoms with Crippen LogP contribution in [0, 0.1) is 0 Å². The van der Waals surface area contributed by atoms with Gasteiger partial charge >= 0.3 is 0 Å². The van der Waals surface area contributed by atoms with Crippen LogP contribution in [0.1, 0.15) is 29.3 Å². The van der Waals surface area contributed by atoms with Gasteiger partial charge in [0.2, 0.25) is 11.8 Å². The summed E-state index contributed by atoms with van der Waals surface area (Å²) in [4.78, 5) is 37.1. The van der Waals surface area contributed by atoms with Crippen molar-refractivity contribution < 1.29 is 19.1 Å². The van der Waals surface area contributed by atoms with Crippen molar-refractivity contribution in [1.29, 1.82) is 0 Å². The number of nitrogens with zero attached hydrogens (tertiary/aromatic N) is 1. The molecule has 0 spiro atoms. The molecule has 0 aromatic heterocycles. The molecule has 7 heteroatoms. The number of amides is 3. The van der Waals surface area contributed by atoms with Gasteiger partial charge in [-0.2, -0.15) is 0 Å². The van der Waals surface area contributed by atoms with Crippen LogP contribution < -0.4 is 10.9 Å². The molecule has 0 bridgehead atoms. The van der Waals surface area contributed by atoms with Crippen LogP contribution in [0.5, 0.6) is 0 Å². The van der Waals surface area contributed by atoms with Gasteiger partial charge in [0, 0.05) is 12.7 Å². The number of carbonyl (C=O) groups is 3. The number of likely N-dealkylation sites (tertiary alicyclic amines) is 1. The average Bonchev–Trinajstić information content (AvgIpc) is 2.84. The van der Waals surface area contributed by atoms with Gasteiger partial charge in [-0.25, -0.2) is 5.43 Å². The predicted octanol–water partition coefficient (Wildman–Crippen LogP) is 0.257. The monoisotopic (exact) mass is 319 g/mol.